The predicted molar refractivity (Wildman–Crippen MR) is 72.0 cm³/mol. The molecular weight excluding hydrogens is 228 g/mol. The van der Waals surface area contributed by atoms with Crippen LogP contribution < -0.4 is 11.1 Å². The molecule has 4 N–H and O–H groups in total. The Morgan fingerprint density at radius 1 is 1.39 bits per heavy atom. The van der Waals surface area contributed by atoms with Gasteiger partial charge in [0, 0.05) is 6.54 Å². The van der Waals surface area contributed by atoms with Crippen molar-refractivity contribution in [2.24, 2.45) is 5.73 Å². The molecule has 2 atom stereocenters. The van der Waals surface area contributed by atoms with Gasteiger partial charge in [0.15, 0.2) is 0 Å². The number of benzene rings is 1. The van der Waals surface area contributed by atoms with E-state index in [0.29, 0.717) is 19.4 Å². The normalized spacial score (nSPS) is 13.9. The summed E-state index contributed by atoms with van der Waals surface area (Å²) < 4.78 is 0. The molecule has 1 aromatic carbocycles. The van der Waals surface area contributed by atoms with Crippen molar-refractivity contribution in [3.8, 4) is 0 Å². The number of carbonyl (C=O) groups is 1. The number of aliphatic hydroxyl groups is 1. The number of nitrogens with two attached hydrogens (primary N) is 1. The quantitative estimate of drug-likeness (QED) is 0.628. The van der Waals surface area contributed by atoms with Crippen LogP contribution in [0.1, 0.15) is 25.3 Å². The summed E-state index contributed by atoms with van der Waals surface area (Å²) in [4.78, 5) is 11.7. The molecule has 0 aromatic heterocycles. The lowest BCUT2D eigenvalue weighted by Crippen LogP contribution is -2.42. The van der Waals surface area contributed by atoms with Gasteiger partial charge in [0.2, 0.25) is 5.91 Å². The topological polar surface area (TPSA) is 75.3 Å². The van der Waals surface area contributed by atoms with Crippen molar-refractivity contribution in [3.05, 3.63) is 35.9 Å². The van der Waals surface area contributed by atoms with E-state index in [4.69, 9.17) is 10.8 Å². The third-order valence-corrected chi connectivity index (χ3v) is 2.73. The molecule has 0 aliphatic carbocycles. The monoisotopic (exact) mass is 250 g/mol. The van der Waals surface area contributed by atoms with E-state index in [9.17, 15) is 4.79 Å². The Morgan fingerprint density at radius 3 is 2.67 bits per heavy atom. The SMILES string of the molecule is CC(O)CCCNC(=O)[C@@H](N)Cc1ccccc1. The van der Waals surface area contributed by atoms with E-state index in [0.717, 1.165) is 12.0 Å². The second-order valence-corrected chi connectivity index (χ2v) is 4.58. The maximum Gasteiger partial charge on any atom is 0.237 e. The largest absolute Gasteiger partial charge is 0.393 e. The average molecular weight is 250 g/mol. The number of hydrogen-bond donors (Lipinski definition) is 3. The lowest BCUT2D eigenvalue weighted by atomic mass is 10.1. The number of hydrogen-bond acceptors (Lipinski definition) is 3. The van der Waals surface area contributed by atoms with Crippen LogP contribution in [0.5, 0.6) is 0 Å². The van der Waals surface area contributed by atoms with Gasteiger partial charge in [0.05, 0.1) is 12.1 Å². The van der Waals surface area contributed by atoms with Crippen molar-refractivity contribution in [3.63, 3.8) is 0 Å². The number of rotatable bonds is 7. The van der Waals surface area contributed by atoms with Crippen LogP contribution in [0.15, 0.2) is 30.3 Å². The Morgan fingerprint density at radius 2 is 2.06 bits per heavy atom. The maximum atomic E-state index is 11.7. The van der Waals surface area contributed by atoms with E-state index in [1.165, 1.54) is 0 Å². The van der Waals surface area contributed by atoms with Crippen LogP contribution in [-0.2, 0) is 11.2 Å². The molecule has 0 radical (unpaired) electrons. The van der Waals surface area contributed by atoms with Gasteiger partial charge in [-0.2, -0.15) is 0 Å². The molecule has 0 aliphatic heterocycles. The summed E-state index contributed by atoms with van der Waals surface area (Å²) in [5.41, 5.74) is 6.89. The molecular formula is C14H22N2O2. The molecule has 4 nitrogen and oxygen atoms in total. The van der Waals surface area contributed by atoms with E-state index in [1.54, 1.807) is 6.92 Å². The Bertz CT molecular complexity index is 352. The number of nitrogens with one attached hydrogen (secondary N) is 1. The number of carbonyl (C=O) groups excluding carboxylic acids is 1. The molecule has 0 saturated heterocycles. The summed E-state index contributed by atoms with van der Waals surface area (Å²) >= 11 is 0. The first-order valence-electron chi connectivity index (χ1n) is 6.35. The fraction of sp³-hybridized carbons (Fsp3) is 0.500. The average Bonchev–Trinajstić information content (AvgIpc) is 2.35. The zero-order valence-electron chi connectivity index (χ0n) is 10.8. The Balaban J connectivity index is 2.25. The molecule has 0 saturated carbocycles. The van der Waals surface area contributed by atoms with Crippen molar-refractivity contribution in [2.45, 2.75) is 38.3 Å². The summed E-state index contributed by atoms with van der Waals surface area (Å²) in [5.74, 6) is -0.135. The van der Waals surface area contributed by atoms with E-state index >= 15 is 0 Å². The lowest BCUT2D eigenvalue weighted by Gasteiger charge is -2.12. The van der Waals surface area contributed by atoms with E-state index in [2.05, 4.69) is 5.32 Å². The van der Waals surface area contributed by atoms with Gasteiger partial charge in [0.25, 0.3) is 0 Å². The highest BCUT2D eigenvalue weighted by Crippen LogP contribution is 2.02. The first-order valence-corrected chi connectivity index (χ1v) is 6.35. The molecule has 4 heteroatoms. The Labute approximate surface area is 108 Å². The lowest BCUT2D eigenvalue weighted by molar-refractivity contribution is -0.122. The Hall–Kier alpha value is -1.39. The maximum absolute atomic E-state index is 11.7. The van der Waals surface area contributed by atoms with Gasteiger partial charge in [-0.1, -0.05) is 30.3 Å². The summed E-state index contributed by atoms with van der Waals surface area (Å²) in [6.07, 6.45) is 1.68. The van der Waals surface area contributed by atoms with Crippen molar-refractivity contribution in [1.29, 1.82) is 0 Å². The van der Waals surface area contributed by atoms with Crippen LogP contribution >= 0.6 is 0 Å². The molecule has 0 spiro atoms. The minimum Gasteiger partial charge on any atom is -0.393 e. The Kier molecular flexibility index (Phi) is 6.39. The first kappa shape index (κ1) is 14.7. The van der Waals surface area contributed by atoms with Crippen LogP contribution in [0, 0.1) is 0 Å². The molecule has 0 fully saturated rings. The van der Waals surface area contributed by atoms with Gasteiger partial charge in [-0.3, -0.25) is 4.79 Å². The van der Waals surface area contributed by atoms with Crippen LogP contribution in [-0.4, -0.2) is 29.7 Å². The number of aliphatic hydroxyl groups excluding tert-OH is 1. The highest BCUT2D eigenvalue weighted by atomic mass is 16.3. The van der Waals surface area contributed by atoms with Gasteiger partial charge in [-0.15, -0.1) is 0 Å². The molecule has 18 heavy (non-hydrogen) atoms. The smallest absolute Gasteiger partial charge is 0.237 e. The minimum atomic E-state index is -0.515. The third kappa shape index (κ3) is 5.80. The van der Waals surface area contributed by atoms with Crippen molar-refractivity contribution < 1.29 is 9.90 Å². The second kappa shape index (κ2) is 7.84. The molecule has 0 aliphatic rings. The summed E-state index contributed by atoms with van der Waals surface area (Å²) in [6, 6.07) is 9.20. The molecule has 1 aromatic rings. The number of amides is 1. The summed E-state index contributed by atoms with van der Waals surface area (Å²) in [6.45, 7) is 2.30. The van der Waals surface area contributed by atoms with Gasteiger partial charge < -0.3 is 16.2 Å². The fourth-order valence-electron chi connectivity index (χ4n) is 1.70. The zero-order chi connectivity index (χ0) is 13.4. The molecule has 1 rings (SSSR count). The van der Waals surface area contributed by atoms with Crippen molar-refractivity contribution in [1.82, 2.24) is 5.32 Å². The molecule has 1 amide bonds. The van der Waals surface area contributed by atoms with Crippen LogP contribution in [0.3, 0.4) is 0 Å². The fourth-order valence-corrected chi connectivity index (χ4v) is 1.70. The highest BCUT2D eigenvalue weighted by Gasteiger charge is 2.13. The van der Waals surface area contributed by atoms with E-state index in [-0.39, 0.29) is 12.0 Å². The van der Waals surface area contributed by atoms with Crippen molar-refractivity contribution >= 4 is 5.91 Å². The van der Waals surface area contributed by atoms with Crippen LogP contribution in [0.4, 0.5) is 0 Å². The van der Waals surface area contributed by atoms with Gasteiger partial charge in [-0.25, -0.2) is 0 Å². The molecule has 1 unspecified atom stereocenters. The van der Waals surface area contributed by atoms with Gasteiger partial charge in [0.1, 0.15) is 0 Å². The van der Waals surface area contributed by atoms with Gasteiger partial charge in [-0.05, 0) is 31.7 Å². The zero-order valence-corrected chi connectivity index (χ0v) is 10.8. The van der Waals surface area contributed by atoms with Crippen LogP contribution in [0.25, 0.3) is 0 Å². The standard InChI is InChI=1S/C14H22N2O2/c1-11(17)6-5-9-16-14(18)13(15)10-12-7-3-2-4-8-12/h2-4,7-8,11,13,17H,5-6,9-10,15H2,1H3,(H,16,18)/t11?,13-/m0/s1. The third-order valence-electron chi connectivity index (χ3n) is 2.73. The summed E-state index contributed by atoms with van der Waals surface area (Å²) in [7, 11) is 0. The van der Waals surface area contributed by atoms with Gasteiger partial charge >= 0.3 is 0 Å². The van der Waals surface area contributed by atoms with Crippen LogP contribution in [0.2, 0.25) is 0 Å². The van der Waals surface area contributed by atoms with Crippen molar-refractivity contribution in [2.75, 3.05) is 6.54 Å². The minimum absolute atomic E-state index is 0.135. The molecule has 0 heterocycles. The summed E-state index contributed by atoms with van der Waals surface area (Å²) in [5, 5.41) is 11.9. The van der Waals surface area contributed by atoms with E-state index in [1.807, 2.05) is 30.3 Å². The predicted octanol–water partition coefficient (Wildman–Crippen LogP) is 0.834. The molecule has 0 bridgehead atoms. The van der Waals surface area contributed by atoms with E-state index < -0.39 is 6.04 Å². The highest BCUT2D eigenvalue weighted by molar-refractivity contribution is 5.81. The first-order chi connectivity index (χ1) is 8.59. The second-order valence-electron chi connectivity index (χ2n) is 4.58. The molecule has 100 valence electrons.